The van der Waals surface area contributed by atoms with Crippen LogP contribution in [0.25, 0.3) is 5.70 Å². The molecule has 1 fully saturated rings. The van der Waals surface area contributed by atoms with Gasteiger partial charge in [0, 0.05) is 61.1 Å². The molecule has 3 heterocycles. The molecular weight excluding hydrogens is 456 g/mol. The van der Waals surface area contributed by atoms with Crippen molar-refractivity contribution in [3.8, 4) is 0 Å². The van der Waals surface area contributed by atoms with Gasteiger partial charge in [-0.1, -0.05) is 36.9 Å². The maximum atomic E-state index is 12.8. The second-order valence-corrected chi connectivity index (χ2v) is 8.72. The molecule has 182 valence electrons. The van der Waals surface area contributed by atoms with Crippen LogP contribution >= 0.6 is 0 Å². The molecule has 2 aliphatic heterocycles. The lowest BCUT2D eigenvalue weighted by atomic mass is 10.1. The second-order valence-electron chi connectivity index (χ2n) is 8.72. The number of aromatic nitrogens is 2. The summed E-state index contributed by atoms with van der Waals surface area (Å²) in [5.41, 5.74) is 3.29. The molecule has 0 bridgehead atoms. The molecule has 2 aliphatic rings. The first-order valence-electron chi connectivity index (χ1n) is 11.8. The Labute approximate surface area is 209 Å². The number of amides is 3. The summed E-state index contributed by atoms with van der Waals surface area (Å²) in [6, 6.07) is 16.2. The SMILES string of the molecule is C=C1c2ccccc2C(=O)N1CC(=O)Nc1ccc(CC(=O)N2CCN(c3ncccn3)CC2)cc1. The zero-order valence-corrected chi connectivity index (χ0v) is 19.8. The summed E-state index contributed by atoms with van der Waals surface area (Å²) < 4.78 is 0. The number of fused-ring (bicyclic) bond motifs is 1. The minimum atomic E-state index is -0.318. The van der Waals surface area contributed by atoms with E-state index in [0.29, 0.717) is 49.1 Å². The lowest BCUT2D eigenvalue weighted by molar-refractivity contribution is -0.130. The standard InChI is InChI=1S/C27H26N6O3/c1-19-22-5-2-3-6-23(22)26(36)33(19)18-24(34)30-21-9-7-20(8-10-21)17-25(35)31-13-15-32(16-14-31)27-28-11-4-12-29-27/h2-12H,1,13-18H2,(H,30,34). The summed E-state index contributed by atoms with van der Waals surface area (Å²) >= 11 is 0. The number of hydrogen-bond acceptors (Lipinski definition) is 6. The fraction of sp³-hybridized carbons (Fsp3) is 0.222. The summed E-state index contributed by atoms with van der Waals surface area (Å²) in [5.74, 6) is 0.203. The number of carbonyl (C=O) groups excluding carboxylic acids is 3. The number of nitrogens with zero attached hydrogens (tertiary/aromatic N) is 5. The van der Waals surface area contributed by atoms with Crippen LogP contribution in [0.3, 0.4) is 0 Å². The van der Waals surface area contributed by atoms with E-state index in [2.05, 4.69) is 26.8 Å². The highest BCUT2D eigenvalue weighted by molar-refractivity contribution is 6.11. The van der Waals surface area contributed by atoms with Gasteiger partial charge in [-0.05, 0) is 29.8 Å². The van der Waals surface area contributed by atoms with E-state index in [1.807, 2.05) is 29.2 Å². The normalized spacial score (nSPS) is 15.2. The van der Waals surface area contributed by atoms with Crippen molar-refractivity contribution in [3.05, 3.63) is 90.3 Å². The topological polar surface area (TPSA) is 98.7 Å². The van der Waals surface area contributed by atoms with Crippen LogP contribution in [0.4, 0.5) is 11.6 Å². The number of piperazine rings is 1. The minimum absolute atomic E-state index is 0.0611. The highest BCUT2D eigenvalue weighted by Gasteiger charge is 2.31. The Morgan fingerprint density at radius 1 is 0.889 bits per heavy atom. The van der Waals surface area contributed by atoms with Gasteiger partial charge in [0.25, 0.3) is 5.91 Å². The number of benzene rings is 2. The van der Waals surface area contributed by atoms with Gasteiger partial charge in [0.05, 0.1) is 6.42 Å². The molecule has 9 nitrogen and oxygen atoms in total. The van der Waals surface area contributed by atoms with Crippen molar-refractivity contribution in [2.75, 3.05) is 42.9 Å². The summed E-state index contributed by atoms with van der Waals surface area (Å²) in [6.07, 6.45) is 3.72. The molecule has 0 saturated carbocycles. The van der Waals surface area contributed by atoms with Crippen molar-refractivity contribution in [1.82, 2.24) is 19.8 Å². The molecule has 0 spiro atoms. The molecule has 9 heteroatoms. The third-order valence-corrected chi connectivity index (χ3v) is 6.40. The number of nitrogens with one attached hydrogen (secondary N) is 1. The van der Waals surface area contributed by atoms with Crippen LogP contribution in [-0.2, 0) is 16.0 Å². The second kappa shape index (κ2) is 9.99. The summed E-state index contributed by atoms with van der Waals surface area (Å²) in [6.45, 7) is 6.47. The van der Waals surface area contributed by atoms with Gasteiger partial charge in [-0.2, -0.15) is 0 Å². The summed E-state index contributed by atoms with van der Waals surface area (Å²) in [4.78, 5) is 51.8. The van der Waals surface area contributed by atoms with Crippen LogP contribution in [0.15, 0.2) is 73.6 Å². The van der Waals surface area contributed by atoms with Crippen molar-refractivity contribution in [2.45, 2.75) is 6.42 Å². The van der Waals surface area contributed by atoms with Crippen molar-refractivity contribution >= 4 is 35.1 Å². The van der Waals surface area contributed by atoms with Gasteiger partial charge in [-0.25, -0.2) is 9.97 Å². The Kier molecular flexibility index (Phi) is 6.44. The van der Waals surface area contributed by atoms with E-state index in [1.165, 1.54) is 4.90 Å². The molecule has 0 radical (unpaired) electrons. The third-order valence-electron chi connectivity index (χ3n) is 6.40. The number of rotatable bonds is 6. The molecule has 3 amide bonds. The van der Waals surface area contributed by atoms with Crippen molar-refractivity contribution in [3.63, 3.8) is 0 Å². The predicted molar refractivity (Wildman–Crippen MR) is 136 cm³/mol. The molecule has 2 aromatic carbocycles. The first-order valence-corrected chi connectivity index (χ1v) is 11.8. The van der Waals surface area contributed by atoms with Gasteiger partial charge in [-0.3, -0.25) is 19.3 Å². The van der Waals surface area contributed by atoms with Gasteiger partial charge in [0.1, 0.15) is 6.54 Å². The van der Waals surface area contributed by atoms with Crippen LogP contribution in [0.5, 0.6) is 0 Å². The van der Waals surface area contributed by atoms with Crippen LogP contribution in [0.1, 0.15) is 21.5 Å². The zero-order chi connectivity index (χ0) is 25.1. The average Bonchev–Trinajstić information content (AvgIpc) is 3.15. The largest absolute Gasteiger partial charge is 0.339 e. The van der Waals surface area contributed by atoms with Crippen LogP contribution < -0.4 is 10.2 Å². The Morgan fingerprint density at radius 2 is 1.56 bits per heavy atom. The van der Waals surface area contributed by atoms with E-state index in [4.69, 9.17) is 0 Å². The number of hydrogen-bond donors (Lipinski definition) is 1. The maximum Gasteiger partial charge on any atom is 0.259 e. The van der Waals surface area contributed by atoms with Crippen LogP contribution in [-0.4, -0.2) is 70.2 Å². The predicted octanol–water partition coefficient (Wildman–Crippen LogP) is 2.43. The van der Waals surface area contributed by atoms with E-state index < -0.39 is 0 Å². The molecular formula is C27H26N6O3. The van der Waals surface area contributed by atoms with E-state index in [0.717, 1.165) is 11.1 Å². The van der Waals surface area contributed by atoms with E-state index in [9.17, 15) is 14.4 Å². The Morgan fingerprint density at radius 3 is 2.22 bits per heavy atom. The smallest absolute Gasteiger partial charge is 0.259 e. The Balaban J connectivity index is 1.11. The molecule has 1 aromatic heterocycles. The van der Waals surface area contributed by atoms with Crippen LogP contribution in [0, 0.1) is 0 Å². The molecule has 36 heavy (non-hydrogen) atoms. The van der Waals surface area contributed by atoms with Gasteiger partial charge in [0.15, 0.2) is 0 Å². The lowest BCUT2D eigenvalue weighted by Gasteiger charge is -2.34. The van der Waals surface area contributed by atoms with E-state index in [-0.39, 0.29) is 30.7 Å². The molecule has 0 aliphatic carbocycles. The first-order chi connectivity index (χ1) is 17.5. The fourth-order valence-electron chi connectivity index (χ4n) is 4.45. The molecule has 5 rings (SSSR count). The molecule has 0 unspecified atom stereocenters. The lowest BCUT2D eigenvalue weighted by Crippen LogP contribution is -2.49. The molecule has 1 saturated heterocycles. The highest BCUT2D eigenvalue weighted by Crippen LogP contribution is 2.30. The summed E-state index contributed by atoms with van der Waals surface area (Å²) in [5, 5.41) is 2.81. The van der Waals surface area contributed by atoms with Gasteiger partial charge in [0.2, 0.25) is 17.8 Å². The third kappa shape index (κ3) is 4.81. The zero-order valence-electron chi connectivity index (χ0n) is 19.8. The first kappa shape index (κ1) is 23.2. The van der Waals surface area contributed by atoms with Gasteiger partial charge in [-0.15, -0.1) is 0 Å². The van der Waals surface area contributed by atoms with Gasteiger partial charge >= 0.3 is 0 Å². The number of carbonyl (C=O) groups is 3. The molecule has 1 N–H and O–H groups in total. The van der Waals surface area contributed by atoms with E-state index in [1.54, 1.807) is 42.7 Å². The van der Waals surface area contributed by atoms with E-state index >= 15 is 0 Å². The van der Waals surface area contributed by atoms with Gasteiger partial charge < -0.3 is 15.1 Å². The fourth-order valence-corrected chi connectivity index (χ4v) is 4.45. The molecule has 3 aromatic rings. The monoisotopic (exact) mass is 482 g/mol. The Hall–Kier alpha value is -4.53. The van der Waals surface area contributed by atoms with Crippen molar-refractivity contribution in [2.24, 2.45) is 0 Å². The quantitative estimate of drug-likeness (QED) is 0.580. The number of anilines is 2. The minimum Gasteiger partial charge on any atom is -0.339 e. The Bertz CT molecular complexity index is 1270. The van der Waals surface area contributed by atoms with Crippen molar-refractivity contribution in [1.29, 1.82) is 0 Å². The molecule has 0 atom stereocenters. The maximum absolute atomic E-state index is 12.8. The summed E-state index contributed by atoms with van der Waals surface area (Å²) in [7, 11) is 0. The van der Waals surface area contributed by atoms with Crippen molar-refractivity contribution < 1.29 is 14.4 Å². The van der Waals surface area contributed by atoms with Crippen LogP contribution in [0.2, 0.25) is 0 Å². The average molecular weight is 483 g/mol. The highest BCUT2D eigenvalue weighted by atomic mass is 16.2.